The van der Waals surface area contributed by atoms with Crippen LogP contribution in [0.25, 0.3) is 21.9 Å². The van der Waals surface area contributed by atoms with Crippen LogP contribution in [-0.2, 0) is 0 Å². The molecule has 90 valence electrons. The zero-order valence-electron chi connectivity index (χ0n) is 9.79. The van der Waals surface area contributed by atoms with Crippen molar-refractivity contribution in [2.45, 2.75) is 0 Å². The fourth-order valence-corrected chi connectivity index (χ4v) is 2.41. The highest BCUT2D eigenvalue weighted by Gasteiger charge is 2.09. The third kappa shape index (κ3) is 2.02. The molecule has 18 heavy (non-hydrogen) atoms. The third-order valence-corrected chi connectivity index (χ3v) is 3.53. The minimum atomic E-state index is 0.748. The second kappa shape index (κ2) is 4.66. The lowest BCUT2D eigenvalue weighted by Crippen LogP contribution is -1.82. The van der Waals surface area contributed by atoms with Gasteiger partial charge >= 0.3 is 0 Å². The van der Waals surface area contributed by atoms with E-state index in [1.807, 2.05) is 47.8 Å². The van der Waals surface area contributed by atoms with Crippen molar-refractivity contribution in [2.24, 2.45) is 0 Å². The second-order valence-electron chi connectivity index (χ2n) is 3.79. The van der Waals surface area contributed by atoms with Gasteiger partial charge in [0.1, 0.15) is 11.4 Å². The van der Waals surface area contributed by atoms with Gasteiger partial charge in [-0.3, -0.25) is 0 Å². The van der Waals surface area contributed by atoms with Gasteiger partial charge < -0.3 is 9.26 Å². The molecule has 0 unspecified atom stereocenters. The quantitative estimate of drug-likeness (QED) is 0.709. The Labute approximate surface area is 109 Å². The van der Waals surface area contributed by atoms with Crippen LogP contribution in [0.15, 0.2) is 52.4 Å². The molecule has 2 aromatic heterocycles. The predicted octanol–water partition coefficient (Wildman–Crippen LogP) is 4.08. The summed E-state index contributed by atoms with van der Waals surface area (Å²) in [5.74, 6) is 1.55. The van der Waals surface area contributed by atoms with Crippen LogP contribution in [0.5, 0.6) is 5.75 Å². The van der Waals surface area contributed by atoms with E-state index in [1.165, 1.54) is 0 Å². The fraction of sp³-hybridized carbons (Fsp3) is 0.0714. The Morgan fingerprint density at radius 3 is 2.89 bits per heavy atom. The first-order valence-corrected chi connectivity index (χ1v) is 6.40. The van der Waals surface area contributed by atoms with Crippen molar-refractivity contribution in [1.29, 1.82) is 0 Å². The van der Waals surface area contributed by atoms with Crippen LogP contribution in [0.4, 0.5) is 0 Å². The SMILES string of the molecule is COc1cccc(-c2cc(-c3cccs3)no2)c1. The van der Waals surface area contributed by atoms with Gasteiger partial charge in [0, 0.05) is 11.6 Å². The summed E-state index contributed by atoms with van der Waals surface area (Å²) >= 11 is 1.65. The number of benzene rings is 1. The van der Waals surface area contributed by atoms with Crippen molar-refractivity contribution < 1.29 is 9.26 Å². The molecule has 0 radical (unpaired) electrons. The van der Waals surface area contributed by atoms with Crippen molar-refractivity contribution in [3.05, 3.63) is 47.8 Å². The van der Waals surface area contributed by atoms with Crippen LogP contribution in [0.2, 0.25) is 0 Å². The summed E-state index contributed by atoms with van der Waals surface area (Å²) in [7, 11) is 1.65. The molecule has 0 aliphatic heterocycles. The first-order chi connectivity index (χ1) is 8.86. The summed E-state index contributed by atoms with van der Waals surface area (Å²) in [6.45, 7) is 0. The minimum Gasteiger partial charge on any atom is -0.497 e. The average Bonchev–Trinajstić information content (AvgIpc) is 3.09. The zero-order valence-corrected chi connectivity index (χ0v) is 10.6. The van der Waals surface area contributed by atoms with E-state index >= 15 is 0 Å². The number of thiophene rings is 1. The lowest BCUT2D eigenvalue weighted by atomic mass is 10.1. The molecule has 0 saturated carbocycles. The van der Waals surface area contributed by atoms with Crippen LogP contribution in [0, 0.1) is 0 Å². The molecule has 0 aliphatic rings. The van der Waals surface area contributed by atoms with Gasteiger partial charge in [0.05, 0.1) is 12.0 Å². The lowest BCUT2D eigenvalue weighted by Gasteiger charge is -2.00. The maximum Gasteiger partial charge on any atom is 0.167 e. The number of nitrogens with zero attached hydrogens (tertiary/aromatic N) is 1. The summed E-state index contributed by atoms with van der Waals surface area (Å²) in [6.07, 6.45) is 0. The predicted molar refractivity (Wildman–Crippen MR) is 71.8 cm³/mol. The van der Waals surface area contributed by atoms with E-state index in [2.05, 4.69) is 5.16 Å². The molecule has 0 N–H and O–H groups in total. The van der Waals surface area contributed by atoms with E-state index in [1.54, 1.807) is 18.4 Å². The molecule has 0 amide bonds. The van der Waals surface area contributed by atoms with Gasteiger partial charge in [-0.2, -0.15) is 0 Å². The van der Waals surface area contributed by atoms with Crippen molar-refractivity contribution in [3.8, 4) is 27.6 Å². The van der Waals surface area contributed by atoms with Crippen molar-refractivity contribution in [2.75, 3.05) is 7.11 Å². The van der Waals surface area contributed by atoms with Crippen molar-refractivity contribution in [3.63, 3.8) is 0 Å². The molecule has 4 heteroatoms. The number of rotatable bonds is 3. The van der Waals surface area contributed by atoms with Gasteiger partial charge in [0.2, 0.25) is 0 Å². The standard InChI is InChI=1S/C14H11NO2S/c1-16-11-5-2-4-10(8-11)13-9-12(15-17-13)14-6-3-7-18-14/h2-9H,1H3. The summed E-state index contributed by atoms with van der Waals surface area (Å²) in [5.41, 5.74) is 1.83. The molecule has 3 aromatic rings. The van der Waals surface area contributed by atoms with Gasteiger partial charge in [-0.1, -0.05) is 23.4 Å². The summed E-state index contributed by atoms with van der Waals surface area (Å²) in [6, 6.07) is 13.7. The van der Waals surface area contributed by atoms with E-state index < -0.39 is 0 Å². The van der Waals surface area contributed by atoms with E-state index in [4.69, 9.17) is 9.26 Å². The van der Waals surface area contributed by atoms with Gasteiger partial charge in [-0.15, -0.1) is 11.3 Å². The van der Waals surface area contributed by atoms with Crippen LogP contribution >= 0.6 is 11.3 Å². The molecule has 0 aliphatic carbocycles. The summed E-state index contributed by atoms with van der Waals surface area (Å²) in [5, 5.41) is 6.11. The molecule has 3 rings (SSSR count). The van der Waals surface area contributed by atoms with Gasteiger partial charge in [0.15, 0.2) is 5.76 Å². The van der Waals surface area contributed by atoms with Crippen molar-refractivity contribution in [1.82, 2.24) is 5.16 Å². The Hall–Kier alpha value is -2.07. The number of ether oxygens (including phenoxy) is 1. The number of hydrogen-bond donors (Lipinski definition) is 0. The van der Waals surface area contributed by atoms with Gasteiger partial charge in [0.25, 0.3) is 0 Å². The molecule has 0 fully saturated rings. The average molecular weight is 257 g/mol. The van der Waals surface area contributed by atoms with E-state index in [-0.39, 0.29) is 0 Å². The maximum atomic E-state index is 5.38. The topological polar surface area (TPSA) is 35.3 Å². The molecule has 1 aromatic carbocycles. The first kappa shape index (κ1) is 11.0. The van der Waals surface area contributed by atoms with E-state index in [0.29, 0.717) is 0 Å². The molecule has 2 heterocycles. The Balaban J connectivity index is 1.97. The van der Waals surface area contributed by atoms with E-state index in [9.17, 15) is 0 Å². The number of methoxy groups -OCH3 is 1. The van der Waals surface area contributed by atoms with Crippen LogP contribution in [-0.4, -0.2) is 12.3 Å². The molecular formula is C14H11NO2S. The Morgan fingerprint density at radius 1 is 1.17 bits per heavy atom. The zero-order chi connectivity index (χ0) is 12.4. The van der Waals surface area contributed by atoms with Crippen molar-refractivity contribution >= 4 is 11.3 Å². The summed E-state index contributed by atoms with van der Waals surface area (Å²) in [4.78, 5) is 1.10. The number of hydrogen-bond acceptors (Lipinski definition) is 4. The third-order valence-electron chi connectivity index (χ3n) is 2.64. The Bertz CT molecular complexity index is 643. The molecule has 0 bridgehead atoms. The van der Waals surface area contributed by atoms with Crippen LogP contribution < -0.4 is 4.74 Å². The lowest BCUT2D eigenvalue weighted by molar-refractivity contribution is 0.413. The maximum absolute atomic E-state index is 5.38. The highest BCUT2D eigenvalue weighted by molar-refractivity contribution is 7.13. The highest BCUT2D eigenvalue weighted by atomic mass is 32.1. The Morgan fingerprint density at radius 2 is 2.11 bits per heavy atom. The molecule has 0 spiro atoms. The normalized spacial score (nSPS) is 10.5. The van der Waals surface area contributed by atoms with E-state index in [0.717, 1.165) is 27.6 Å². The minimum absolute atomic E-state index is 0.748. The molecular weight excluding hydrogens is 246 g/mol. The summed E-state index contributed by atoms with van der Waals surface area (Å²) < 4.78 is 10.6. The highest BCUT2D eigenvalue weighted by Crippen LogP contribution is 2.29. The Kier molecular flexibility index (Phi) is 2.86. The smallest absolute Gasteiger partial charge is 0.167 e. The molecule has 0 saturated heterocycles. The number of aromatic nitrogens is 1. The molecule has 0 atom stereocenters. The monoisotopic (exact) mass is 257 g/mol. The van der Waals surface area contributed by atoms with Crippen LogP contribution in [0.3, 0.4) is 0 Å². The van der Waals surface area contributed by atoms with Crippen LogP contribution in [0.1, 0.15) is 0 Å². The largest absolute Gasteiger partial charge is 0.497 e. The fourth-order valence-electron chi connectivity index (χ4n) is 1.73. The second-order valence-corrected chi connectivity index (χ2v) is 4.73. The van der Waals surface area contributed by atoms with Gasteiger partial charge in [-0.25, -0.2) is 0 Å². The first-order valence-electron chi connectivity index (χ1n) is 5.52. The van der Waals surface area contributed by atoms with Gasteiger partial charge in [-0.05, 0) is 23.6 Å². The molecule has 3 nitrogen and oxygen atoms in total.